The number of carbonyl (C=O) groups excluding carboxylic acids is 2. The number of amides is 1. The standard InChI is InChI=1S/C18H23NO5S/c20-16(14-4-2-1-3-5-14)11-25-12-17(21)19-10-15(18(22)23)13-6-8-24-9-7-13/h1-5,13,15H,6-12H2,(H,19,21)(H,22,23). The highest BCUT2D eigenvalue weighted by atomic mass is 32.2. The predicted octanol–water partition coefficient (Wildman–Crippen LogP) is 1.85. The predicted molar refractivity (Wildman–Crippen MR) is 95.8 cm³/mol. The molecular formula is C18H23NO5S. The summed E-state index contributed by atoms with van der Waals surface area (Å²) in [7, 11) is 0. The number of benzene rings is 1. The molecule has 1 amide bonds. The third kappa shape index (κ3) is 6.51. The van der Waals surface area contributed by atoms with Crippen LogP contribution >= 0.6 is 11.8 Å². The summed E-state index contributed by atoms with van der Waals surface area (Å²) >= 11 is 1.23. The van der Waals surface area contributed by atoms with Crippen LogP contribution in [0.3, 0.4) is 0 Å². The number of aliphatic carboxylic acids is 1. The summed E-state index contributed by atoms with van der Waals surface area (Å²) in [6, 6.07) is 8.93. The van der Waals surface area contributed by atoms with Crippen molar-refractivity contribution in [3.05, 3.63) is 35.9 Å². The van der Waals surface area contributed by atoms with Gasteiger partial charge in [-0.05, 0) is 18.8 Å². The molecule has 7 heteroatoms. The molecule has 0 aromatic heterocycles. The van der Waals surface area contributed by atoms with E-state index in [1.165, 1.54) is 11.8 Å². The van der Waals surface area contributed by atoms with Crippen molar-refractivity contribution < 1.29 is 24.2 Å². The van der Waals surface area contributed by atoms with Crippen LogP contribution in [0.5, 0.6) is 0 Å². The zero-order valence-electron chi connectivity index (χ0n) is 14.0. The fourth-order valence-corrected chi connectivity index (χ4v) is 3.53. The number of ketones is 1. The SMILES string of the molecule is O=C(CSCC(=O)c1ccccc1)NCC(C(=O)O)C1CCOCC1. The Balaban J connectivity index is 1.70. The molecule has 1 heterocycles. The van der Waals surface area contributed by atoms with E-state index in [1.807, 2.05) is 6.07 Å². The minimum Gasteiger partial charge on any atom is -0.481 e. The van der Waals surface area contributed by atoms with E-state index in [2.05, 4.69) is 5.32 Å². The van der Waals surface area contributed by atoms with Crippen molar-refractivity contribution >= 4 is 29.4 Å². The molecule has 0 saturated carbocycles. The van der Waals surface area contributed by atoms with Crippen LogP contribution in [0.1, 0.15) is 23.2 Å². The van der Waals surface area contributed by atoms with Gasteiger partial charge in [-0.3, -0.25) is 14.4 Å². The second-order valence-corrected chi connectivity index (χ2v) is 6.97. The average Bonchev–Trinajstić information content (AvgIpc) is 2.63. The van der Waals surface area contributed by atoms with E-state index in [1.54, 1.807) is 24.3 Å². The average molecular weight is 365 g/mol. The van der Waals surface area contributed by atoms with Crippen LogP contribution in [0, 0.1) is 11.8 Å². The summed E-state index contributed by atoms with van der Waals surface area (Å²) in [5, 5.41) is 12.1. The number of carboxylic acids is 1. The van der Waals surface area contributed by atoms with Gasteiger partial charge in [0.15, 0.2) is 5.78 Å². The van der Waals surface area contributed by atoms with Crippen molar-refractivity contribution in [2.45, 2.75) is 12.8 Å². The van der Waals surface area contributed by atoms with Crippen molar-refractivity contribution in [1.29, 1.82) is 0 Å². The molecule has 136 valence electrons. The summed E-state index contributed by atoms with van der Waals surface area (Å²) in [6.07, 6.45) is 1.40. The number of hydrogen-bond acceptors (Lipinski definition) is 5. The number of carbonyl (C=O) groups is 3. The van der Waals surface area contributed by atoms with E-state index >= 15 is 0 Å². The number of Topliss-reactive ketones (excluding diaryl/α,β-unsaturated/α-hetero) is 1. The van der Waals surface area contributed by atoms with Crippen LogP contribution in [-0.2, 0) is 14.3 Å². The monoisotopic (exact) mass is 365 g/mol. The Morgan fingerprint density at radius 2 is 1.84 bits per heavy atom. The molecule has 1 unspecified atom stereocenters. The molecule has 1 fully saturated rings. The number of hydrogen-bond donors (Lipinski definition) is 2. The van der Waals surface area contributed by atoms with Crippen LogP contribution in [0.2, 0.25) is 0 Å². The largest absolute Gasteiger partial charge is 0.481 e. The second kappa shape index (κ2) is 10.2. The highest BCUT2D eigenvalue weighted by Gasteiger charge is 2.29. The van der Waals surface area contributed by atoms with Gasteiger partial charge in [0.1, 0.15) is 0 Å². The van der Waals surface area contributed by atoms with E-state index in [0.29, 0.717) is 31.6 Å². The van der Waals surface area contributed by atoms with Gasteiger partial charge in [-0.15, -0.1) is 11.8 Å². The van der Waals surface area contributed by atoms with E-state index < -0.39 is 11.9 Å². The third-order valence-electron chi connectivity index (χ3n) is 4.23. The number of thioether (sulfide) groups is 1. The molecule has 2 rings (SSSR count). The lowest BCUT2D eigenvalue weighted by Gasteiger charge is -2.27. The van der Waals surface area contributed by atoms with Gasteiger partial charge in [-0.25, -0.2) is 0 Å². The fourth-order valence-electron chi connectivity index (χ4n) is 2.79. The molecule has 0 bridgehead atoms. The minimum atomic E-state index is -0.890. The highest BCUT2D eigenvalue weighted by Crippen LogP contribution is 2.23. The first-order chi connectivity index (χ1) is 12.1. The van der Waals surface area contributed by atoms with Gasteiger partial charge in [-0.1, -0.05) is 30.3 Å². The second-order valence-electron chi connectivity index (χ2n) is 5.98. The molecule has 1 aromatic rings. The van der Waals surface area contributed by atoms with E-state index in [4.69, 9.17) is 4.74 Å². The van der Waals surface area contributed by atoms with Gasteiger partial charge in [0.05, 0.1) is 17.4 Å². The Morgan fingerprint density at radius 1 is 1.16 bits per heavy atom. The molecule has 2 N–H and O–H groups in total. The smallest absolute Gasteiger partial charge is 0.308 e. The molecule has 1 aliphatic rings. The maximum absolute atomic E-state index is 11.9. The molecule has 1 saturated heterocycles. The quantitative estimate of drug-likeness (QED) is 0.649. The molecule has 1 atom stereocenters. The first kappa shape index (κ1) is 19.5. The summed E-state index contributed by atoms with van der Waals surface area (Å²) in [5.74, 6) is -1.37. The number of nitrogens with one attached hydrogen (secondary N) is 1. The molecule has 1 aliphatic heterocycles. The van der Waals surface area contributed by atoms with Crippen molar-refractivity contribution in [2.24, 2.45) is 11.8 Å². The zero-order chi connectivity index (χ0) is 18.1. The van der Waals surface area contributed by atoms with Crippen molar-refractivity contribution in [3.8, 4) is 0 Å². The van der Waals surface area contributed by atoms with Crippen LogP contribution in [0.4, 0.5) is 0 Å². The first-order valence-electron chi connectivity index (χ1n) is 8.31. The number of rotatable bonds is 9. The van der Waals surface area contributed by atoms with Crippen molar-refractivity contribution in [3.63, 3.8) is 0 Å². The molecule has 25 heavy (non-hydrogen) atoms. The van der Waals surface area contributed by atoms with Crippen LogP contribution in [0.15, 0.2) is 30.3 Å². The molecule has 0 radical (unpaired) electrons. The van der Waals surface area contributed by atoms with E-state index in [9.17, 15) is 19.5 Å². The first-order valence-corrected chi connectivity index (χ1v) is 9.46. The van der Waals surface area contributed by atoms with Crippen molar-refractivity contribution in [2.75, 3.05) is 31.3 Å². The lowest BCUT2D eigenvalue weighted by Crippen LogP contribution is -2.39. The normalized spacial score (nSPS) is 16.2. The lowest BCUT2D eigenvalue weighted by atomic mass is 9.86. The topological polar surface area (TPSA) is 92.7 Å². The van der Waals surface area contributed by atoms with Gasteiger partial charge in [0.2, 0.25) is 5.91 Å². The van der Waals surface area contributed by atoms with Gasteiger partial charge in [-0.2, -0.15) is 0 Å². The Hall–Kier alpha value is -1.86. The van der Waals surface area contributed by atoms with Gasteiger partial charge in [0, 0.05) is 25.3 Å². The Morgan fingerprint density at radius 3 is 2.48 bits per heavy atom. The van der Waals surface area contributed by atoms with E-state index in [0.717, 1.165) is 0 Å². The van der Waals surface area contributed by atoms with Crippen LogP contribution < -0.4 is 5.32 Å². The maximum atomic E-state index is 11.9. The Bertz CT molecular complexity index is 586. The summed E-state index contributed by atoms with van der Waals surface area (Å²) in [6.45, 7) is 1.26. The molecule has 0 spiro atoms. The van der Waals surface area contributed by atoms with Crippen LogP contribution in [0.25, 0.3) is 0 Å². The molecule has 6 nitrogen and oxygen atoms in total. The minimum absolute atomic E-state index is 0.0241. The Kier molecular flexibility index (Phi) is 7.94. The van der Waals surface area contributed by atoms with E-state index in [-0.39, 0.29) is 35.7 Å². The number of ether oxygens (including phenoxy) is 1. The fraction of sp³-hybridized carbons (Fsp3) is 0.500. The summed E-state index contributed by atoms with van der Waals surface area (Å²) in [5.41, 5.74) is 0.626. The van der Waals surface area contributed by atoms with Gasteiger partial charge in [0.25, 0.3) is 0 Å². The van der Waals surface area contributed by atoms with Crippen LogP contribution in [-0.4, -0.2) is 54.0 Å². The number of carboxylic acid groups (broad SMARTS) is 1. The lowest BCUT2D eigenvalue weighted by molar-refractivity contribution is -0.144. The maximum Gasteiger partial charge on any atom is 0.308 e. The third-order valence-corrected chi connectivity index (χ3v) is 5.17. The van der Waals surface area contributed by atoms with Gasteiger partial charge >= 0.3 is 5.97 Å². The van der Waals surface area contributed by atoms with Gasteiger partial charge < -0.3 is 15.2 Å². The molecular weight excluding hydrogens is 342 g/mol. The molecule has 1 aromatic carbocycles. The Labute approximate surface area is 151 Å². The molecule has 0 aliphatic carbocycles. The summed E-state index contributed by atoms with van der Waals surface area (Å²) < 4.78 is 5.25. The summed E-state index contributed by atoms with van der Waals surface area (Å²) in [4.78, 5) is 35.3. The van der Waals surface area contributed by atoms with Crippen molar-refractivity contribution in [1.82, 2.24) is 5.32 Å². The zero-order valence-corrected chi connectivity index (χ0v) is 14.8. The highest BCUT2D eigenvalue weighted by molar-refractivity contribution is 8.00.